The summed E-state index contributed by atoms with van der Waals surface area (Å²) < 4.78 is 0. The minimum Gasteiger partial charge on any atom is -0.355 e. The van der Waals surface area contributed by atoms with Crippen molar-refractivity contribution >= 4 is 34.5 Å². The molecule has 0 aliphatic carbocycles. The number of rotatable bonds is 3. The van der Waals surface area contributed by atoms with Gasteiger partial charge in [0.1, 0.15) is 0 Å². The molecule has 0 saturated carbocycles. The van der Waals surface area contributed by atoms with E-state index in [0.717, 1.165) is 22.3 Å². The van der Waals surface area contributed by atoms with E-state index < -0.39 is 0 Å². The monoisotopic (exact) mass is 364 g/mol. The van der Waals surface area contributed by atoms with E-state index in [9.17, 15) is 0 Å². The fourth-order valence-electron chi connectivity index (χ4n) is 3.55. The molecule has 0 spiro atoms. The molecule has 4 aromatic rings. The molecule has 0 unspecified atom stereocenters. The number of hydrogen-bond acceptors (Lipinski definition) is 1. The Morgan fingerprint density at radius 1 is 0.893 bits per heavy atom. The first-order valence-electron chi connectivity index (χ1n) is 9.62. The number of H-pyrrole nitrogens is 1. The van der Waals surface area contributed by atoms with E-state index in [-0.39, 0.29) is 0 Å². The lowest BCUT2D eigenvalue weighted by atomic mass is 10.0. The summed E-state index contributed by atoms with van der Waals surface area (Å²) in [6.45, 7) is 6.22. The molecule has 1 aromatic heterocycles. The third-order valence-corrected chi connectivity index (χ3v) is 5.03. The van der Waals surface area contributed by atoms with Crippen molar-refractivity contribution in [2.45, 2.75) is 20.8 Å². The Kier molecular flexibility index (Phi) is 4.94. The van der Waals surface area contributed by atoms with Crippen molar-refractivity contribution in [1.82, 2.24) is 4.98 Å². The zero-order valence-electron chi connectivity index (χ0n) is 16.5. The normalized spacial score (nSPS) is 13.5. The molecule has 1 heterocycles. The molecule has 0 amide bonds. The van der Waals surface area contributed by atoms with Gasteiger partial charge in [0, 0.05) is 27.2 Å². The van der Waals surface area contributed by atoms with Crippen LogP contribution in [0.4, 0.5) is 5.69 Å². The maximum Gasteiger partial charge on any atom is 0.0661 e. The van der Waals surface area contributed by atoms with Crippen LogP contribution in [0.3, 0.4) is 0 Å². The van der Waals surface area contributed by atoms with Gasteiger partial charge in [-0.25, -0.2) is 0 Å². The molecular weight excluding hydrogens is 340 g/mol. The van der Waals surface area contributed by atoms with E-state index in [1.165, 1.54) is 27.3 Å². The lowest BCUT2D eigenvalue weighted by Crippen LogP contribution is -2.23. The van der Waals surface area contributed by atoms with Crippen molar-refractivity contribution in [3.63, 3.8) is 0 Å². The van der Waals surface area contributed by atoms with E-state index in [1.54, 1.807) is 0 Å². The maximum absolute atomic E-state index is 4.83. The fraction of sp³-hybridized carbons (Fsp3) is 0.115. The second-order valence-corrected chi connectivity index (χ2v) is 7.05. The lowest BCUT2D eigenvalue weighted by Gasteiger charge is -2.02. The van der Waals surface area contributed by atoms with Gasteiger partial charge in [0.2, 0.25) is 0 Å². The summed E-state index contributed by atoms with van der Waals surface area (Å²) in [4.78, 5) is 8.36. The number of fused-ring (bicyclic) bond motifs is 1. The van der Waals surface area contributed by atoms with Gasteiger partial charge in [0.05, 0.1) is 5.69 Å². The number of aryl methyl sites for hydroxylation is 1. The van der Waals surface area contributed by atoms with Gasteiger partial charge in [0.25, 0.3) is 0 Å². The van der Waals surface area contributed by atoms with Crippen molar-refractivity contribution in [2.75, 3.05) is 0 Å². The smallest absolute Gasteiger partial charge is 0.0661 e. The number of aromatic amines is 1. The molecular formula is C26H24N2. The Balaban J connectivity index is 1.90. The van der Waals surface area contributed by atoms with Gasteiger partial charge in [-0.1, -0.05) is 60.7 Å². The molecule has 0 fully saturated rings. The van der Waals surface area contributed by atoms with Crippen LogP contribution in [0.25, 0.3) is 34.2 Å². The van der Waals surface area contributed by atoms with Crippen LogP contribution in [-0.4, -0.2) is 10.7 Å². The van der Waals surface area contributed by atoms with Gasteiger partial charge >= 0.3 is 0 Å². The van der Waals surface area contributed by atoms with Gasteiger partial charge in [-0.2, -0.15) is 0 Å². The number of benzene rings is 3. The molecule has 0 aliphatic rings. The second kappa shape index (κ2) is 7.69. The SMILES string of the molecule is C/C=c1/[nH]c2ccc(-c3ccccc3)cc2/c1=C/C(C)=Nc1ccccc1C. The Hall–Kier alpha value is -3.39. The number of aliphatic imine (C=N–C) groups is 1. The zero-order chi connectivity index (χ0) is 19.5. The van der Waals surface area contributed by atoms with Gasteiger partial charge in [-0.3, -0.25) is 4.99 Å². The molecule has 138 valence electrons. The van der Waals surface area contributed by atoms with Gasteiger partial charge in [-0.05, 0) is 61.7 Å². The van der Waals surface area contributed by atoms with E-state index in [1.807, 2.05) is 18.2 Å². The fourth-order valence-corrected chi connectivity index (χ4v) is 3.55. The van der Waals surface area contributed by atoms with Gasteiger partial charge in [0.15, 0.2) is 0 Å². The molecule has 4 rings (SSSR count). The highest BCUT2D eigenvalue weighted by molar-refractivity contribution is 6.11. The van der Waals surface area contributed by atoms with Crippen molar-refractivity contribution in [1.29, 1.82) is 0 Å². The second-order valence-electron chi connectivity index (χ2n) is 7.05. The van der Waals surface area contributed by atoms with Crippen LogP contribution in [0.2, 0.25) is 0 Å². The maximum atomic E-state index is 4.83. The Labute approximate surface area is 165 Å². The first kappa shape index (κ1) is 18.0. The van der Waals surface area contributed by atoms with Gasteiger partial charge < -0.3 is 4.98 Å². The lowest BCUT2D eigenvalue weighted by molar-refractivity contribution is 1.35. The molecule has 0 saturated heterocycles. The third-order valence-electron chi connectivity index (χ3n) is 5.03. The minimum absolute atomic E-state index is 0.989. The molecule has 2 heteroatoms. The number of hydrogen-bond donors (Lipinski definition) is 1. The van der Waals surface area contributed by atoms with Crippen LogP contribution in [0.1, 0.15) is 19.4 Å². The molecule has 28 heavy (non-hydrogen) atoms. The number of aromatic nitrogens is 1. The van der Waals surface area contributed by atoms with Crippen LogP contribution in [0.15, 0.2) is 77.8 Å². The summed E-state index contributed by atoms with van der Waals surface area (Å²) in [6.07, 6.45) is 4.30. The molecule has 0 aliphatic heterocycles. The molecule has 3 aromatic carbocycles. The van der Waals surface area contributed by atoms with E-state index >= 15 is 0 Å². The molecule has 1 N–H and O–H groups in total. The Bertz CT molecular complexity index is 1280. The predicted octanol–water partition coefficient (Wildman–Crippen LogP) is 5.52. The number of nitrogens with zero attached hydrogens (tertiary/aromatic N) is 1. The topological polar surface area (TPSA) is 28.1 Å². The highest BCUT2D eigenvalue weighted by atomic mass is 14.7. The number of para-hydroxylation sites is 1. The standard InChI is InChI=1S/C26H24N2/c1-4-24-22(16-19(3)27-25-13-9-8-10-18(25)2)23-17-21(14-15-26(23)28-24)20-11-6-5-7-12-20/h4-17,28H,1-3H3/b22-16-,24-4+,27-19?. The Morgan fingerprint density at radius 3 is 2.39 bits per heavy atom. The molecule has 0 bridgehead atoms. The molecule has 0 atom stereocenters. The van der Waals surface area contributed by atoms with Crippen LogP contribution in [-0.2, 0) is 0 Å². The van der Waals surface area contributed by atoms with E-state index in [2.05, 4.69) is 92.5 Å². The van der Waals surface area contributed by atoms with Crippen LogP contribution in [0, 0.1) is 6.92 Å². The Morgan fingerprint density at radius 2 is 1.64 bits per heavy atom. The summed E-state index contributed by atoms with van der Waals surface area (Å²) in [7, 11) is 0. The summed E-state index contributed by atoms with van der Waals surface area (Å²) in [5, 5.41) is 3.53. The van der Waals surface area contributed by atoms with Crippen molar-refractivity contribution in [3.05, 3.63) is 88.9 Å². The summed E-state index contributed by atoms with van der Waals surface area (Å²) in [6, 6.07) is 25.3. The van der Waals surface area contributed by atoms with E-state index in [0.29, 0.717) is 0 Å². The zero-order valence-corrected chi connectivity index (χ0v) is 16.5. The van der Waals surface area contributed by atoms with Crippen LogP contribution < -0.4 is 10.6 Å². The quantitative estimate of drug-likeness (QED) is 0.464. The average Bonchev–Trinajstić information content (AvgIpc) is 3.07. The minimum atomic E-state index is 0.989. The first-order valence-corrected chi connectivity index (χ1v) is 9.62. The summed E-state index contributed by atoms with van der Waals surface area (Å²) in [5.41, 5.74) is 6.78. The van der Waals surface area contributed by atoms with Crippen molar-refractivity contribution in [3.8, 4) is 11.1 Å². The van der Waals surface area contributed by atoms with E-state index in [4.69, 9.17) is 4.99 Å². The molecule has 2 nitrogen and oxygen atoms in total. The average molecular weight is 364 g/mol. The predicted molar refractivity (Wildman–Crippen MR) is 122 cm³/mol. The number of nitrogens with one attached hydrogen (secondary N) is 1. The van der Waals surface area contributed by atoms with Crippen molar-refractivity contribution < 1.29 is 0 Å². The molecule has 0 radical (unpaired) electrons. The van der Waals surface area contributed by atoms with Crippen LogP contribution in [0.5, 0.6) is 0 Å². The van der Waals surface area contributed by atoms with Gasteiger partial charge in [-0.15, -0.1) is 0 Å². The largest absolute Gasteiger partial charge is 0.355 e. The summed E-state index contributed by atoms with van der Waals surface area (Å²) >= 11 is 0. The van der Waals surface area contributed by atoms with Crippen molar-refractivity contribution in [2.24, 2.45) is 4.99 Å². The highest BCUT2D eigenvalue weighted by Crippen LogP contribution is 2.22. The first-order chi connectivity index (χ1) is 13.7. The van der Waals surface area contributed by atoms with Crippen LogP contribution >= 0.6 is 0 Å². The third kappa shape index (κ3) is 3.54. The summed E-state index contributed by atoms with van der Waals surface area (Å²) in [5.74, 6) is 0. The highest BCUT2D eigenvalue weighted by Gasteiger charge is 2.04.